The molecule has 0 atom stereocenters. The highest BCUT2D eigenvalue weighted by atomic mass is 32.2. The van der Waals surface area contributed by atoms with Gasteiger partial charge in [0.15, 0.2) is 9.34 Å². The number of sulfonamides is 1. The maximum atomic E-state index is 12.3. The molecular formula is C12H17N3O3S2. The maximum Gasteiger partial charge on any atom is 0.249 e. The SMILES string of the molecule is Cc1nc(NC(=O)C(C2CC2)C2CC2)sc1S(N)(=O)=O. The number of amides is 1. The van der Waals surface area contributed by atoms with Crippen molar-refractivity contribution in [3.05, 3.63) is 5.69 Å². The lowest BCUT2D eigenvalue weighted by molar-refractivity contribution is -0.121. The number of aryl methyl sites for hydroxylation is 1. The monoisotopic (exact) mass is 315 g/mol. The van der Waals surface area contributed by atoms with Crippen LogP contribution in [-0.4, -0.2) is 19.3 Å². The first-order valence-electron chi connectivity index (χ1n) is 6.67. The van der Waals surface area contributed by atoms with Gasteiger partial charge in [0.05, 0.1) is 5.69 Å². The molecule has 1 heterocycles. The lowest BCUT2D eigenvalue weighted by Gasteiger charge is -2.13. The van der Waals surface area contributed by atoms with Gasteiger partial charge < -0.3 is 5.32 Å². The highest BCUT2D eigenvalue weighted by molar-refractivity contribution is 7.91. The molecule has 1 aromatic rings. The number of anilines is 1. The summed E-state index contributed by atoms with van der Waals surface area (Å²) in [5.41, 5.74) is 0.335. The van der Waals surface area contributed by atoms with E-state index in [9.17, 15) is 13.2 Å². The zero-order valence-corrected chi connectivity index (χ0v) is 12.8. The van der Waals surface area contributed by atoms with Crippen LogP contribution in [0, 0.1) is 24.7 Å². The first-order valence-corrected chi connectivity index (χ1v) is 9.03. The highest BCUT2D eigenvalue weighted by Gasteiger charge is 2.45. The average Bonchev–Trinajstić information content (AvgIpc) is 3.20. The lowest BCUT2D eigenvalue weighted by atomic mass is 9.97. The second-order valence-electron chi connectivity index (χ2n) is 5.63. The molecule has 6 nitrogen and oxygen atoms in total. The Morgan fingerprint density at radius 1 is 1.35 bits per heavy atom. The first-order chi connectivity index (χ1) is 9.36. The topological polar surface area (TPSA) is 102 Å². The minimum atomic E-state index is -3.77. The minimum Gasteiger partial charge on any atom is -0.302 e. The highest BCUT2D eigenvalue weighted by Crippen LogP contribution is 2.49. The van der Waals surface area contributed by atoms with Crippen LogP contribution < -0.4 is 10.5 Å². The Kier molecular flexibility index (Phi) is 3.34. The molecule has 0 aliphatic heterocycles. The fourth-order valence-corrected chi connectivity index (χ4v) is 4.47. The molecule has 110 valence electrons. The van der Waals surface area contributed by atoms with Gasteiger partial charge in [-0.15, -0.1) is 0 Å². The van der Waals surface area contributed by atoms with Crippen molar-refractivity contribution in [3.8, 4) is 0 Å². The number of hydrogen-bond acceptors (Lipinski definition) is 5. The third kappa shape index (κ3) is 2.87. The van der Waals surface area contributed by atoms with Gasteiger partial charge in [-0.3, -0.25) is 4.79 Å². The van der Waals surface area contributed by atoms with Crippen molar-refractivity contribution in [3.63, 3.8) is 0 Å². The molecule has 2 aliphatic rings. The summed E-state index contributed by atoms with van der Waals surface area (Å²) in [5, 5.41) is 8.20. The number of nitrogens with zero attached hydrogens (tertiary/aromatic N) is 1. The number of aromatic nitrogens is 1. The molecule has 0 spiro atoms. The average molecular weight is 315 g/mol. The number of nitrogens with two attached hydrogens (primary N) is 1. The van der Waals surface area contributed by atoms with E-state index in [2.05, 4.69) is 10.3 Å². The minimum absolute atomic E-state index is 0.0159. The number of carbonyl (C=O) groups is 1. The van der Waals surface area contributed by atoms with Crippen LogP contribution in [0.3, 0.4) is 0 Å². The zero-order valence-electron chi connectivity index (χ0n) is 11.1. The Labute approximate surface area is 121 Å². The van der Waals surface area contributed by atoms with Crippen LogP contribution in [0.5, 0.6) is 0 Å². The van der Waals surface area contributed by atoms with Gasteiger partial charge in [0.2, 0.25) is 15.9 Å². The lowest BCUT2D eigenvalue weighted by Crippen LogP contribution is -2.26. The zero-order chi connectivity index (χ0) is 14.5. The van der Waals surface area contributed by atoms with Crippen LogP contribution in [0.2, 0.25) is 0 Å². The van der Waals surface area contributed by atoms with Crippen molar-refractivity contribution in [2.45, 2.75) is 36.8 Å². The van der Waals surface area contributed by atoms with E-state index in [0.717, 1.165) is 37.0 Å². The maximum absolute atomic E-state index is 12.3. The van der Waals surface area contributed by atoms with Gasteiger partial charge in [-0.1, -0.05) is 11.3 Å². The molecule has 1 amide bonds. The van der Waals surface area contributed by atoms with Crippen molar-refractivity contribution in [2.24, 2.45) is 22.9 Å². The number of primary sulfonamides is 1. The molecule has 0 aromatic carbocycles. The van der Waals surface area contributed by atoms with E-state index < -0.39 is 10.0 Å². The van der Waals surface area contributed by atoms with E-state index in [-0.39, 0.29) is 16.0 Å². The van der Waals surface area contributed by atoms with Gasteiger partial charge >= 0.3 is 0 Å². The fraction of sp³-hybridized carbons (Fsp3) is 0.667. The molecule has 2 saturated carbocycles. The van der Waals surface area contributed by atoms with Gasteiger partial charge in [-0.2, -0.15) is 0 Å². The van der Waals surface area contributed by atoms with Crippen LogP contribution in [0.15, 0.2) is 4.21 Å². The molecule has 8 heteroatoms. The molecule has 0 radical (unpaired) electrons. The predicted molar refractivity (Wildman–Crippen MR) is 75.8 cm³/mol. The van der Waals surface area contributed by atoms with Crippen molar-refractivity contribution in [1.29, 1.82) is 0 Å². The largest absolute Gasteiger partial charge is 0.302 e. The van der Waals surface area contributed by atoms with Crippen molar-refractivity contribution >= 4 is 32.4 Å². The molecule has 2 fully saturated rings. The fourth-order valence-electron chi connectivity index (χ4n) is 2.61. The number of hydrogen-bond donors (Lipinski definition) is 2. The van der Waals surface area contributed by atoms with Crippen molar-refractivity contribution in [2.75, 3.05) is 5.32 Å². The van der Waals surface area contributed by atoms with Crippen LogP contribution in [-0.2, 0) is 14.8 Å². The molecule has 0 unspecified atom stereocenters. The van der Waals surface area contributed by atoms with Crippen LogP contribution >= 0.6 is 11.3 Å². The summed E-state index contributed by atoms with van der Waals surface area (Å²) in [5.74, 6) is 1.05. The molecule has 2 aliphatic carbocycles. The Morgan fingerprint density at radius 2 is 1.90 bits per heavy atom. The van der Waals surface area contributed by atoms with E-state index in [1.807, 2.05) is 0 Å². The summed E-state index contributed by atoms with van der Waals surface area (Å²) in [6.07, 6.45) is 4.48. The summed E-state index contributed by atoms with van der Waals surface area (Å²) < 4.78 is 22.7. The van der Waals surface area contributed by atoms with E-state index in [0.29, 0.717) is 22.7 Å². The second-order valence-corrected chi connectivity index (χ2v) is 8.38. The Hall–Kier alpha value is -0.990. The van der Waals surface area contributed by atoms with Gasteiger partial charge in [0.1, 0.15) is 0 Å². The summed E-state index contributed by atoms with van der Waals surface area (Å²) in [7, 11) is -3.77. The van der Waals surface area contributed by atoms with Crippen LogP contribution in [0.1, 0.15) is 31.4 Å². The number of carbonyl (C=O) groups excluding carboxylic acids is 1. The van der Waals surface area contributed by atoms with Crippen LogP contribution in [0.25, 0.3) is 0 Å². The van der Waals surface area contributed by atoms with Gasteiger partial charge in [-0.25, -0.2) is 18.5 Å². The van der Waals surface area contributed by atoms with E-state index >= 15 is 0 Å². The third-order valence-electron chi connectivity index (χ3n) is 3.81. The quantitative estimate of drug-likeness (QED) is 0.859. The second kappa shape index (κ2) is 4.78. The standard InChI is InChI=1S/C12H17N3O3S2/c1-6-11(20(13,17)18)19-12(14-6)15-10(16)9(7-2-3-7)8-4-5-8/h7-9H,2-5H2,1H3,(H2,13,17,18)(H,14,15,16). The molecule has 3 rings (SSSR count). The number of nitrogens with one attached hydrogen (secondary N) is 1. The molecule has 0 bridgehead atoms. The smallest absolute Gasteiger partial charge is 0.249 e. The molecule has 0 saturated heterocycles. The van der Waals surface area contributed by atoms with Crippen LogP contribution in [0.4, 0.5) is 5.13 Å². The van der Waals surface area contributed by atoms with Crippen molar-refractivity contribution < 1.29 is 13.2 Å². The molecule has 3 N–H and O–H groups in total. The van der Waals surface area contributed by atoms with Crippen molar-refractivity contribution in [1.82, 2.24) is 4.98 Å². The molecule has 20 heavy (non-hydrogen) atoms. The Balaban J connectivity index is 1.75. The van der Waals surface area contributed by atoms with E-state index in [4.69, 9.17) is 5.14 Å². The first kappa shape index (κ1) is 14.0. The number of thiazole rings is 1. The summed E-state index contributed by atoms with van der Waals surface area (Å²) in [4.78, 5) is 16.4. The Bertz CT molecular complexity index is 633. The summed E-state index contributed by atoms with van der Waals surface area (Å²) >= 11 is 0.920. The van der Waals surface area contributed by atoms with E-state index in [1.54, 1.807) is 6.92 Å². The molecule has 1 aromatic heterocycles. The molecular weight excluding hydrogens is 298 g/mol. The predicted octanol–water partition coefficient (Wildman–Crippen LogP) is 1.47. The van der Waals surface area contributed by atoms with E-state index in [1.165, 1.54) is 0 Å². The Morgan fingerprint density at radius 3 is 2.30 bits per heavy atom. The van der Waals surface area contributed by atoms with Gasteiger partial charge in [0.25, 0.3) is 0 Å². The van der Waals surface area contributed by atoms with Gasteiger partial charge in [0, 0.05) is 5.92 Å². The van der Waals surface area contributed by atoms with Gasteiger partial charge in [-0.05, 0) is 44.4 Å². The summed E-state index contributed by atoms with van der Waals surface area (Å²) in [6.45, 7) is 1.57. The summed E-state index contributed by atoms with van der Waals surface area (Å²) in [6, 6.07) is 0. The normalized spacial score (nSPS) is 19.4. The number of rotatable bonds is 5. The third-order valence-corrected chi connectivity index (χ3v) is 6.43.